The lowest BCUT2D eigenvalue weighted by Gasteiger charge is -2.15. The van der Waals surface area contributed by atoms with Crippen molar-refractivity contribution in [2.45, 2.75) is 6.04 Å². The van der Waals surface area contributed by atoms with Gasteiger partial charge in [-0.3, -0.25) is 0 Å². The molecular weight excluding hydrogens is 433 g/mol. The van der Waals surface area contributed by atoms with Gasteiger partial charge in [0.1, 0.15) is 0 Å². The predicted molar refractivity (Wildman–Crippen MR) is 91.8 cm³/mol. The van der Waals surface area contributed by atoms with Crippen LogP contribution in [0, 0.1) is 3.57 Å². The summed E-state index contributed by atoms with van der Waals surface area (Å²) < 4.78 is 2.11. The van der Waals surface area contributed by atoms with E-state index in [1.54, 1.807) is 0 Å². The molecule has 2 aromatic carbocycles. The van der Waals surface area contributed by atoms with E-state index in [4.69, 9.17) is 5.73 Å². The van der Waals surface area contributed by atoms with Gasteiger partial charge in [0.2, 0.25) is 0 Å². The first-order valence-corrected chi connectivity index (χ1v) is 7.84. The van der Waals surface area contributed by atoms with Gasteiger partial charge in [0.05, 0.1) is 17.1 Å². The van der Waals surface area contributed by atoms with E-state index < -0.39 is 0 Å². The first-order valence-electron chi connectivity index (χ1n) is 5.97. The molecule has 0 saturated heterocycles. The monoisotopic (exact) mass is 443 g/mol. The van der Waals surface area contributed by atoms with Gasteiger partial charge in [-0.2, -0.15) is 0 Å². The molecule has 0 radical (unpaired) electrons. The summed E-state index contributed by atoms with van der Waals surface area (Å²) in [7, 11) is 0. The number of imidazole rings is 1. The van der Waals surface area contributed by atoms with Crippen LogP contribution in [0.1, 0.15) is 17.2 Å². The highest BCUT2D eigenvalue weighted by molar-refractivity contribution is 14.1. The van der Waals surface area contributed by atoms with Crippen LogP contribution in [0.25, 0.3) is 11.0 Å². The summed E-state index contributed by atoms with van der Waals surface area (Å²) >= 11 is 5.80. The molecule has 0 amide bonds. The quantitative estimate of drug-likeness (QED) is 0.531. The van der Waals surface area contributed by atoms with Gasteiger partial charge < -0.3 is 15.7 Å². The summed E-state index contributed by atoms with van der Waals surface area (Å²) in [4.78, 5) is 16.8. The lowest BCUT2D eigenvalue weighted by atomic mass is 9.99. The smallest absolute Gasteiger partial charge is 0.320 e. The van der Waals surface area contributed by atoms with E-state index in [9.17, 15) is 4.79 Å². The minimum absolute atomic E-state index is 0.207. The van der Waals surface area contributed by atoms with Crippen LogP contribution in [0.3, 0.4) is 0 Å². The molecule has 102 valence electrons. The fourth-order valence-electron chi connectivity index (χ4n) is 2.18. The molecule has 0 spiro atoms. The van der Waals surface area contributed by atoms with Crippen molar-refractivity contribution < 1.29 is 0 Å². The Bertz CT molecular complexity index is 840. The zero-order chi connectivity index (χ0) is 14.3. The SMILES string of the molecule is NC(c1ccc2[nH]c(=O)[nH]c2c1)c1cc(I)ccc1Br. The van der Waals surface area contributed by atoms with E-state index in [0.717, 1.165) is 30.2 Å². The molecule has 0 aliphatic rings. The van der Waals surface area contributed by atoms with E-state index in [2.05, 4.69) is 54.6 Å². The fraction of sp³-hybridized carbons (Fsp3) is 0.0714. The predicted octanol–water partition coefficient (Wildman–Crippen LogP) is 3.27. The van der Waals surface area contributed by atoms with E-state index in [1.807, 2.05) is 30.3 Å². The van der Waals surface area contributed by atoms with E-state index >= 15 is 0 Å². The van der Waals surface area contributed by atoms with Gasteiger partial charge in [-0.25, -0.2) is 4.79 Å². The molecular formula is C14H11BrIN3O. The molecule has 3 rings (SSSR count). The summed E-state index contributed by atoms with van der Waals surface area (Å²) in [6.45, 7) is 0. The molecule has 0 aliphatic carbocycles. The van der Waals surface area contributed by atoms with E-state index in [0.29, 0.717) is 0 Å². The normalized spacial score (nSPS) is 12.8. The number of nitrogens with one attached hydrogen (secondary N) is 2. The van der Waals surface area contributed by atoms with Crippen molar-refractivity contribution in [3.8, 4) is 0 Å². The number of fused-ring (bicyclic) bond motifs is 1. The Morgan fingerprint density at radius 2 is 1.85 bits per heavy atom. The molecule has 0 bridgehead atoms. The zero-order valence-corrected chi connectivity index (χ0v) is 14.0. The Kier molecular flexibility index (Phi) is 3.70. The van der Waals surface area contributed by atoms with Gasteiger partial charge >= 0.3 is 5.69 Å². The summed E-state index contributed by atoms with van der Waals surface area (Å²) in [5.41, 5.74) is 9.67. The van der Waals surface area contributed by atoms with Gasteiger partial charge in [-0.1, -0.05) is 22.0 Å². The van der Waals surface area contributed by atoms with Gasteiger partial charge in [0.15, 0.2) is 0 Å². The molecule has 4 nitrogen and oxygen atoms in total. The van der Waals surface area contributed by atoms with Crippen LogP contribution in [-0.4, -0.2) is 9.97 Å². The third kappa shape index (κ3) is 2.55. The maximum Gasteiger partial charge on any atom is 0.323 e. The summed E-state index contributed by atoms with van der Waals surface area (Å²) in [5, 5.41) is 0. The second kappa shape index (κ2) is 5.34. The highest BCUT2D eigenvalue weighted by Crippen LogP contribution is 2.29. The van der Waals surface area contributed by atoms with Crippen LogP contribution in [0.2, 0.25) is 0 Å². The van der Waals surface area contributed by atoms with Crippen LogP contribution >= 0.6 is 38.5 Å². The van der Waals surface area contributed by atoms with Crippen LogP contribution < -0.4 is 11.4 Å². The van der Waals surface area contributed by atoms with Crippen LogP contribution in [0.4, 0.5) is 0 Å². The first kappa shape index (κ1) is 13.8. The van der Waals surface area contributed by atoms with Crippen molar-refractivity contribution in [2.24, 2.45) is 5.73 Å². The van der Waals surface area contributed by atoms with Crippen molar-refractivity contribution in [3.63, 3.8) is 0 Å². The summed E-state index contributed by atoms with van der Waals surface area (Å²) in [5.74, 6) is 0. The number of aromatic nitrogens is 2. The van der Waals surface area contributed by atoms with Crippen molar-refractivity contribution in [2.75, 3.05) is 0 Å². The lowest BCUT2D eigenvalue weighted by molar-refractivity contribution is 0.866. The lowest BCUT2D eigenvalue weighted by Crippen LogP contribution is -2.12. The van der Waals surface area contributed by atoms with Crippen molar-refractivity contribution in [1.29, 1.82) is 0 Å². The highest BCUT2D eigenvalue weighted by Gasteiger charge is 2.13. The number of aromatic amines is 2. The minimum atomic E-state index is -0.248. The molecule has 3 aromatic rings. The largest absolute Gasteiger partial charge is 0.323 e. The third-order valence-electron chi connectivity index (χ3n) is 3.19. The highest BCUT2D eigenvalue weighted by atomic mass is 127. The molecule has 6 heteroatoms. The Morgan fingerprint density at radius 3 is 2.65 bits per heavy atom. The molecule has 20 heavy (non-hydrogen) atoms. The van der Waals surface area contributed by atoms with E-state index in [-0.39, 0.29) is 11.7 Å². The molecule has 1 heterocycles. The van der Waals surface area contributed by atoms with Gasteiger partial charge in [-0.05, 0) is 64.0 Å². The average Bonchev–Trinajstić information content (AvgIpc) is 2.79. The molecule has 1 atom stereocenters. The van der Waals surface area contributed by atoms with Gasteiger partial charge in [0.25, 0.3) is 0 Å². The maximum atomic E-state index is 11.3. The number of halogens is 2. The maximum absolute atomic E-state index is 11.3. The van der Waals surface area contributed by atoms with Crippen LogP contribution in [0.15, 0.2) is 45.7 Å². The van der Waals surface area contributed by atoms with Crippen molar-refractivity contribution in [1.82, 2.24) is 9.97 Å². The number of nitrogens with two attached hydrogens (primary N) is 1. The van der Waals surface area contributed by atoms with Crippen molar-refractivity contribution in [3.05, 3.63) is 66.1 Å². The Labute approximate surface area is 137 Å². The van der Waals surface area contributed by atoms with Crippen molar-refractivity contribution >= 4 is 49.6 Å². The number of hydrogen-bond acceptors (Lipinski definition) is 2. The molecule has 4 N–H and O–H groups in total. The van der Waals surface area contributed by atoms with E-state index in [1.165, 1.54) is 0 Å². The zero-order valence-electron chi connectivity index (χ0n) is 10.3. The molecule has 1 unspecified atom stereocenters. The number of H-pyrrole nitrogens is 2. The minimum Gasteiger partial charge on any atom is -0.320 e. The Morgan fingerprint density at radius 1 is 1.10 bits per heavy atom. The number of hydrogen-bond donors (Lipinski definition) is 3. The molecule has 1 aromatic heterocycles. The first-order chi connectivity index (χ1) is 9.54. The van der Waals surface area contributed by atoms with Crippen LogP contribution in [-0.2, 0) is 0 Å². The topological polar surface area (TPSA) is 74.7 Å². The molecule has 0 aliphatic heterocycles. The average molecular weight is 444 g/mol. The Hall–Kier alpha value is -1.12. The fourth-order valence-corrected chi connectivity index (χ4v) is 3.18. The van der Waals surface area contributed by atoms with Gasteiger partial charge in [-0.15, -0.1) is 0 Å². The Balaban J connectivity index is 2.09. The summed E-state index contributed by atoms with van der Waals surface area (Å²) in [6, 6.07) is 11.5. The summed E-state index contributed by atoms with van der Waals surface area (Å²) in [6.07, 6.45) is 0. The standard InChI is InChI=1S/C14H11BrIN3O/c15-10-3-2-8(16)6-9(10)13(17)7-1-4-11-12(5-7)19-14(20)18-11/h1-6,13H,17H2,(H2,18,19,20). The van der Waals surface area contributed by atoms with Gasteiger partial charge in [0, 0.05) is 8.04 Å². The third-order valence-corrected chi connectivity index (χ3v) is 4.59. The number of benzene rings is 2. The molecule has 0 fully saturated rings. The molecule has 0 saturated carbocycles. The van der Waals surface area contributed by atoms with Crippen LogP contribution in [0.5, 0.6) is 0 Å². The second-order valence-corrected chi connectivity index (χ2v) is 6.63. The second-order valence-electron chi connectivity index (χ2n) is 4.53. The number of rotatable bonds is 2.